The van der Waals surface area contributed by atoms with Crippen molar-refractivity contribution in [1.82, 2.24) is 15.6 Å². The van der Waals surface area contributed by atoms with Gasteiger partial charge in [0.2, 0.25) is 0 Å². The van der Waals surface area contributed by atoms with Crippen LogP contribution in [0.5, 0.6) is 0 Å². The Morgan fingerprint density at radius 3 is 2.52 bits per heavy atom. The summed E-state index contributed by atoms with van der Waals surface area (Å²) in [7, 11) is 0. The highest BCUT2D eigenvalue weighted by Gasteiger charge is 2.30. The van der Waals surface area contributed by atoms with Crippen molar-refractivity contribution in [2.75, 3.05) is 18.8 Å². The van der Waals surface area contributed by atoms with Crippen molar-refractivity contribution in [3.05, 3.63) is 82.5 Å². The lowest BCUT2D eigenvalue weighted by atomic mass is 9.80. The number of pyridine rings is 1. The predicted octanol–water partition coefficient (Wildman–Crippen LogP) is 5.89. The van der Waals surface area contributed by atoms with Gasteiger partial charge in [-0.1, -0.05) is 69.2 Å². The Hall–Kier alpha value is -3.55. The van der Waals surface area contributed by atoms with Crippen molar-refractivity contribution in [3.8, 4) is 11.1 Å². The lowest BCUT2D eigenvalue weighted by Crippen LogP contribution is -2.44. The van der Waals surface area contributed by atoms with Crippen LogP contribution in [0.3, 0.4) is 0 Å². The van der Waals surface area contributed by atoms with Crippen molar-refractivity contribution < 1.29 is 14.3 Å². The number of ketones is 1. The molecule has 1 aliphatic heterocycles. The Morgan fingerprint density at radius 2 is 1.79 bits per heavy atom. The van der Waals surface area contributed by atoms with Gasteiger partial charge in [0.1, 0.15) is 5.82 Å². The first-order chi connectivity index (χ1) is 20.3. The van der Waals surface area contributed by atoms with E-state index >= 15 is 0 Å². The van der Waals surface area contributed by atoms with Crippen molar-refractivity contribution in [3.63, 3.8) is 0 Å². The molecule has 2 fully saturated rings. The highest BCUT2D eigenvalue weighted by molar-refractivity contribution is 6.00. The third-order valence-electron chi connectivity index (χ3n) is 9.05. The predicted molar refractivity (Wildman–Crippen MR) is 167 cm³/mol. The van der Waals surface area contributed by atoms with E-state index in [0.29, 0.717) is 37.6 Å². The van der Waals surface area contributed by atoms with Gasteiger partial charge in [0.25, 0.3) is 5.91 Å². The molecule has 42 heavy (non-hydrogen) atoms. The first-order valence-corrected chi connectivity index (χ1v) is 15.4. The number of carbonyl (C=O) groups excluding carboxylic acids is 2. The van der Waals surface area contributed by atoms with Gasteiger partial charge in [0.05, 0.1) is 24.3 Å². The molecule has 1 saturated heterocycles. The number of nitrogens with zero attached hydrogens (tertiary/aromatic N) is 1. The minimum atomic E-state index is -0.277. The Kier molecular flexibility index (Phi) is 9.70. The van der Waals surface area contributed by atoms with E-state index in [4.69, 9.17) is 10.5 Å². The number of nitrogens with one attached hydrogen (secondary N) is 2. The van der Waals surface area contributed by atoms with Crippen molar-refractivity contribution in [2.24, 2.45) is 11.8 Å². The van der Waals surface area contributed by atoms with Crippen molar-refractivity contribution >= 4 is 17.5 Å². The Balaban J connectivity index is 1.20. The van der Waals surface area contributed by atoms with Gasteiger partial charge in [0, 0.05) is 36.8 Å². The number of nitrogen functional groups attached to an aromatic ring is 1. The highest BCUT2D eigenvalue weighted by atomic mass is 16.5. The zero-order valence-electron chi connectivity index (χ0n) is 25.1. The maximum absolute atomic E-state index is 13.3. The maximum Gasteiger partial charge on any atom is 0.255 e. The molecule has 2 aromatic carbocycles. The number of Topliss-reactive ketones (excluding diaryl/α,β-unsaturated/α-hetero) is 1. The normalized spacial score (nSPS) is 22.2. The van der Waals surface area contributed by atoms with E-state index in [1.807, 2.05) is 24.3 Å². The average Bonchev–Trinajstić information content (AvgIpc) is 3.44. The number of anilines is 1. The summed E-state index contributed by atoms with van der Waals surface area (Å²) in [6, 6.07) is 15.6. The van der Waals surface area contributed by atoms with E-state index < -0.39 is 0 Å². The topological polar surface area (TPSA) is 106 Å². The molecule has 3 aromatic rings. The summed E-state index contributed by atoms with van der Waals surface area (Å²) >= 11 is 0. The largest absolute Gasteiger partial charge is 0.383 e. The number of aryl methyl sites for hydroxylation is 2. The molecule has 1 amide bonds. The van der Waals surface area contributed by atoms with Gasteiger partial charge in [-0.2, -0.15) is 0 Å². The molecule has 4 N–H and O–H groups in total. The van der Waals surface area contributed by atoms with Crippen molar-refractivity contribution in [1.29, 1.82) is 0 Å². The molecule has 0 bridgehead atoms. The van der Waals surface area contributed by atoms with E-state index in [0.717, 1.165) is 47.4 Å². The molecule has 5 rings (SSSR count). The van der Waals surface area contributed by atoms with Gasteiger partial charge in [0.15, 0.2) is 5.78 Å². The van der Waals surface area contributed by atoms with Crippen LogP contribution in [-0.4, -0.2) is 41.9 Å². The zero-order chi connectivity index (χ0) is 29.6. The first-order valence-electron chi connectivity index (χ1n) is 15.4. The molecule has 2 aliphatic rings. The lowest BCUT2D eigenvalue weighted by Gasteiger charge is -2.25. The second-order valence-corrected chi connectivity index (χ2v) is 12.2. The van der Waals surface area contributed by atoms with Crippen LogP contribution in [0.25, 0.3) is 11.1 Å². The molecule has 0 radical (unpaired) electrons. The quantitative estimate of drug-likeness (QED) is 0.264. The summed E-state index contributed by atoms with van der Waals surface area (Å²) < 4.78 is 6.23. The molecule has 0 spiro atoms. The van der Waals surface area contributed by atoms with Gasteiger partial charge >= 0.3 is 0 Å². The van der Waals surface area contributed by atoms with E-state index in [1.165, 1.54) is 24.0 Å². The molecule has 1 aromatic heterocycles. The van der Waals surface area contributed by atoms with Gasteiger partial charge in [-0.25, -0.2) is 4.98 Å². The SMILES string of the molecule is CCc1cc(CO[C@H]2CNC[C@@H]2NC(=O)c2cc(-c3ccc(C(=O)CC4CCC(C)CC4)cc3)cnc2N)ccc1C. The molecular formula is C35H44N4O3. The number of aromatic nitrogens is 1. The molecule has 1 saturated carbocycles. The van der Waals surface area contributed by atoms with Crippen LogP contribution in [-0.2, 0) is 17.8 Å². The summed E-state index contributed by atoms with van der Waals surface area (Å²) in [5.41, 5.74) is 12.6. The van der Waals surface area contributed by atoms with Crippen LogP contribution in [0, 0.1) is 18.8 Å². The van der Waals surface area contributed by atoms with E-state index in [-0.39, 0.29) is 29.7 Å². The van der Waals surface area contributed by atoms with Crippen LogP contribution < -0.4 is 16.4 Å². The van der Waals surface area contributed by atoms with Crippen molar-refractivity contribution in [2.45, 2.75) is 78.0 Å². The monoisotopic (exact) mass is 568 g/mol. The second kappa shape index (κ2) is 13.6. The zero-order valence-corrected chi connectivity index (χ0v) is 25.1. The third-order valence-corrected chi connectivity index (χ3v) is 9.05. The Morgan fingerprint density at radius 1 is 1.02 bits per heavy atom. The van der Waals surface area contributed by atoms with Crippen LogP contribution in [0.1, 0.15) is 83.4 Å². The molecule has 2 atom stereocenters. The third kappa shape index (κ3) is 7.26. The van der Waals surface area contributed by atoms with Crippen LogP contribution >= 0.6 is 0 Å². The smallest absolute Gasteiger partial charge is 0.255 e. The minimum Gasteiger partial charge on any atom is -0.383 e. The molecule has 7 heteroatoms. The van der Waals surface area contributed by atoms with E-state index in [9.17, 15) is 9.59 Å². The molecular weight excluding hydrogens is 524 g/mol. The number of ether oxygens (including phenoxy) is 1. The average molecular weight is 569 g/mol. The second-order valence-electron chi connectivity index (χ2n) is 12.2. The van der Waals surface area contributed by atoms with E-state index in [1.54, 1.807) is 12.3 Å². The summed E-state index contributed by atoms with van der Waals surface area (Å²) in [6.07, 6.45) is 7.84. The van der Waals surface area contributed by atoms with Crippen LogP contribution in [0.2, 0.25) is 0 Å². The van der Waals surface area contributed by atoms with E-state index in [2.05, 4.69) is 54.6 Å². The summed E-state index contributed by atoms with van der Waals surface area (Å²) in [5, 5.41) is 6.43. The van der Waals surface area contributed by atoms with Gasteiger partial charge < -0.3 is 21.1 Å². The number of hydrogen-bond donors (Lipinski definition) is 3. The molecule has 0 unspecified atom stereocenters. The fourth-order valence-corrected chi connectivity index (χ4v) is 6.20. The number of nitrogens with two attached hydrogens (primary N) is 1. The fraction of sp³-hybridized carbons (Fsp3) is 0.457. The van der Waals surface area contributed by atoms with Gasteiger partial charge in [-0.15, -0.1) is 0 Å². The Bertz CT molecular complexity index is 1400. The summed E-state index contributed by atoms with van der Waals surface area (Å²) in [4.78, 5) is 30.5. The minimum absolute atomic E-state index is 0.153. The summed E-state index contributed by atoms with van der Waals surface area (Å²) in [6.45, 7) is 8.35. The fourth-order valence-electron chi connectivity index (χ4n) is 6.20. The number of benzene rings is 2. The number of carbonyl (C=O) groups is 2. The van der Waals surface area contributed by atoms with Gasteiger partial charge in [-0.3, -0.25) is 9.59 Å². The summed E-state index contributed by atoms with van der Waals surface area (Å²) in [5.74, 6) is 1.37. The molecule has 2 heterocycles. The number of amides is 1. The molecule has 222 valence electrons. The lowest BCUT2D eigenvalue weighted by molar-refractivity contribution is 0.0357. The first kappa shape index (κ1) is 29.9. The number of hydrogen-bond acceptors (Lipinski definition) is 6. The van der Waals surface area contributed by atoms with Crippen LogP contribution in [0.15, 0.2) is 54.7 Å². The molecule has 7 nitrogen and oxygen atoms in total. The number of rotatable bonds is 10. The highest BCUT2D eigenvalue weighted by Crippen LogP contribution is 2.31. The standard InChI is InChI=1S/C35H44N4O3/c1-4-26-15-25(10-7-23(26)3)21-42-33-20-37-19-31(33)39-35(41)30-17-29(18-38-34(30)36)27-11-13-28(14-12-27)32(40)16-24-8-5-22(2)6-9-24/h7,10-15,17-18,22,24,31,33,37H,4-6,8-9,16,19-21H2,1-3H3,(H2,36,38)(H,39,41)/t22?,24?,31-,33-/m0/s1. The van der Waals surface area contributed by atoms with Crippen LogP contribution in [0.4, 0.5) is 5.82 Å². The van der Waals surface area contributed by atoms with Gasteiger partial charge in [-0.05, 0) is 66.3 Å². The molecule has 1 aliphatic carbocycles. The Labute approximate surface area is 249 Å². The maximum atomic E-state index is 13.3.